The van der Waals surface area contributed by atoms with Gasteiger partial charge in [-0.05, 0) is 42.7 Å². The number of hydrogen-bond acceptors (Lipinski definition) is 7. The van der Waals surface area contributed by atoms with Gasteiger partial charge in [0.25, 0.3) is 0 Å². The van der Waals surface area contributed by atoms with Gasteiger partial charge < -0.3 is 25.0 Å². The zero-order chi connectivity index (χ0) is 28.6. The Kier molecular flexibility index (Phi) is 10.9. The van der Waals surface area contributed by atoms with Crippen molar-refractivity contribution in [3.63, 3.8) is 0 Å². The summed E-state index contributed by atoms with van der Waals surface area (Å²) >= 11 is 0. The van der Waals surface area contributed by atoms with Crippen LogP contribution >= 0.6 is 0 Å². The Morgan fingerprint density at radius 2 is 1.79 bits per heavy atom. The van der Waals surface area contributed by atoms with Crippen LogP contribution in [-0.2, 0) is 14.4 Å². The van der Waals surface area contributed by atoms with Crippen molar-refractivity contribution in [2.24, 2.45) is 17.3 Å². The molecule has 1 saturated carbocycles. The number of hydrogen-bond donors (Lipinski definition) is 3. The largest absolute Gasteiger partial charge is 0.497 e. The van der Waals surface area contributed by atoms with Crippen LogP contribution in [0.25, 0.3) is 0 Å². The second-order valence-electron chi connectivity index (χ2n) is 11.9. The van der Waals surface area contributed by atoms with Crippen LogP contribution < -0.4 is 20.1 Å². The lowest BCUT2D eigenvalue weighted by atomic mass is 9.84. The van der Waals surface area contributed by atoms with Crippen molar-refractivity contribution in [2.75, 3.05) is 39.2 Å². The molecule has 2 fully saturated rings. The van der Waals surface area contributed by atoms with Crippen LogP contribution in [0.3, 0.4) is 0 Å². The lowest BCUT2D eigenvalue weighted by Crippen LogP contribution is -2.58. The van der Waals surface area contributed by atoms with Crippen LogP contribution in [0.2, 0.25) is 0 Å². The summed E-state index contributed by atoms with van der Waals surface area (Å²) in [6, 6.07) is 5.10. The third-order valence-corrected chi connectivity index (χ3v) is 7.97. The van der Waals surface area contributed by atoms with Crippen LogP contribution in [0.15, 0.2) is 18.2 Å². The van der Waals surface area contributed by atoms with Crippen molar-refractivity contribution in [3.05, 3.63) is 18.2 Å². The molecule has 1 aliphatic heterocycles. The molecule has 1 aromatic carbocycles. The maximum atomic E-state index is 13.7. The molecular weight excluding hydrogens is 500 g/mol. The lowest BCUT2D eigenvalue weighted by molar-refractivity contribution is -0.156. The van der Waals surface area contributed by atoms with Gasteiger partial charge in [0.05, 0.1) is 32.4 Å². The normalized spacial score (nSPS) is 18.3. The summed E-state index contributed by atoms with van der Waals surface area (Å²) in [7, 11) is 3.24. The quantitative estimate of drug-likeness (QED) is 0.208. The highest BCUT2D eigenvalue weighted by atomic mass is 16.5. The fraction of sp³-hybridized carbons (Fsp3) is 0.690. The number of likely N-dealkylation sites (tertiary alicyclic amines) is 1. The lowest BCUT2D eigenvalue weighted by Gasteiger charge is -2.39. The number of amides is 3. The number of rotatable bonds is 12. The fourth-order valence-corrected chi connectivity index (χ4v) is 5.65. The molecule has 1 saturated heterocycles. The minimum Gasteiger partial charge on any atom is -0.497 e. The van der Waals surface area contributed by atoms with E-state index in [0.29, 0.717) is 42.7 Å². The second-order valence-corrected chi connectivity index (χ2v) is 11.9. The predicted molar refractivity (Wildman–Crippen MR) is 149 cm³/mol. The molecule has 1 heterocycles. The Morgan fingerprint density at radius 3 is 2.36 bits per heavy atom. The summed E-state index contributed by atoms with van der Waals surface area (Å²) in [4.78, 5) is 40.0. The smallest absolute Gasteiger partial charge is 0.245 e. The SMILES string of the molecule is COc1ccc(NC2CCN(C(=O)[C@@H](NC(=O)[C@H](CC3CCCC3)CN(O)C=O)C(C)(C)C)CC2)c(OC)c1. The van der Waals surface area contributed by atoms with Crippen LogP contribution in [0.4, 0.5) is 5.69 Å². The summed E-state index contributed by atoms with van der Waals surface area (Å²) in [6.07, 6.45) is 6.79. The molecule has 1 aliphatic carbocycles. The van der Waals surface area contributed by atoms with Crippen molar-refractivity contribution in [1.29, 1.82) is 0 Å². The van der Waals surface area contributed by atoms with E-state index in [2.05, 4.69) is 10.6 Å². The van der Waals surface area contributed by atoms with Crippen LogP contribution in [0.5, 0.6) is 11.5 Å². The minimum atomic E-state index is -0.717. The molecule has 2 atom stereocenters. The Morgan fingerprint density at radius 1 is 1.13 bits per heavy atom. The van der Waals surface area contributed by atoms with E-state index in [0.717, 1.165) is 50.0 Å². The highest BCUT2D eigenvalue weighted by Gasteiger charge is 2.39. The topological polar surface area (TPSA) is 120 Å². The predicted octanol–water partition coefficient (Wildman–Crippen LogP) is 3.68. The van der Waals surface area contributed by atoms with Crippen molar-refractivity contribution in [2.45, 2.75) is 77.8 Å². The molecule has 10 heteroatoms. The number of carbonyl (C=O) groups is 3. The average molecular weight is 547 g/mol. The molecule has 3 N–H and O–H groups in total. The molecule has 1 aromatic rings. The molecule has 0 spiro atoms. The van der Waals surface area contributed by atoms with Gasteiger partial charge in [-0.15, -0.1) is 0 Å². The number of methoxy groups -OCH3 is 2. The van der Waals surface area contributed by atoms with Gasteiger partial charge in [-0.2, -0.15) is 0 Å². The first kappa shape index (κ1) is 30.5. The number of hydroxylamine groups is 2. The van der Waals surface area contributed by atoms with E-state index in [9.17, 15) is 19.6 Å². The second kappa shape index (κ2) is 13.9. The van der Waals surface area contributed by atoms with Gasteiger partial charge in [-0.25, -0.2) is 5.06 Å². The Hall–Kier alpha value is -3.01. The third-order valence-electron chi connectivity index (χ3n) is 7.97. The molecule has 0 radical (unpaired) electrons. The van der Waals surface area contributed by atoms with E-state index in [1.54, 1.807) is 14.2 Å². The minimum absolute atomic E-state index is 0.0806. The molecule has 0 bridgehead atoms. The number of piperidine rings is 1. The van der Waals surface area contributed by atoms with Gasteiger partial charge in [0.15, 0.2) is 0 Å². The Labute approximate surface area is 232 Å². The van der Waals surface area contributed by atoms with Crippen molar-refractivity contribution in [3.8, 4) is 11.5 Å². The van der Waals surface area contributed by atoms with E-state index >= 15 is 0 Å². The van der Waals surface area contributed by atoms with Crippen LogP contribution in [0.1, 0.15) is 65.7 Å². The van der Waals surface area contributed by atoms with Crippen molar-refractivity contribution in [1.82, 2.24) is 15.3 Å². The molecule has 2 aliphatic rings. The summed E-state index contributed by atoms with van der Waals surface area (Å²) in [6.45, 7) is 6.88. The van der Waals surface area contributed by atoms with Gasteiger partial charge in [0.2, 0.25) is 18.2 Å². The van der Waals surface area contributed by atoms with Gasteiger partial charge >= 0.3 is 0 Å². The van der Waals surface area contributed by atoms with E-state index in [1.165, 1.54) is 0 Å². The fourth-order valence-electron chi connectivity index (χ4n) is 5.65. The monoisotopic (exact) mass is 546 g/mol. The number of ether oxygens (including phenoxy) is 2. The zero-order valence-corrected chi connectivity index (χ0v) is 24.1. The van der Waals surface area contributed by atoms with Crippen LogP contribution in [0, 0.1) is 17.3 Å². The molecule has 218 valence electrons. The molecule has 0 unspecified atom stereocenters. The first-order valence-electron chi connectivity index (χ1n) is 14.0. The van der Waals surface area contributed by atoms with Gasteiger partial charge in [-0.3, -0.25) is 19.6 Å². The molecule has 0 aromatic heterocycles. The average Bonchev–Trinajstić information content (AvgIpc) is 3.44. The maximum Gasteiger partial charge on any atom is 0.245 e. The molecule has 10 nitrogen and oxygen atoms in total. The summed E-state index contributed by atoms with van der Waals surface area (Å²) in [5.74, 6) is 0.838. The molecular formula is C29H46N4O6. The number of nitrogens with zero attached hydrogens (tertiary/aromatic N) is 2. The maximum absolute atomic E-state index is 13.7. The number of benzene rings is 1. The van der Waals surface area contributed by atoms with Gasteiger partial charge in [0.1, 0.15) is 17.5 Å². The third kappa shape index (κ3) is 8.49. The Balaban J connectivity index is 1.63. The summed E-state index contributed by atoms with van der Waals surface area (Å²) < 4.78 is 10.8. The molecule has 3 rings (SSSR count). The zero-order valence-electron chi connectivity index (χ0n) is 24.1. The Bertz CT molecular complexity index is 967. The van der Waals surface area contributed by atoms with Crippen molar-refractivity contribution >= 4 is 23.9 Å². The van der Waals surface area contributed by atoms with Gasteiger partial charge in [-0.1, -0.05) is 46.5 Å². The summed E-state index contributed by atoms with van der Waals surface area (Å²) in [5.41, 5.74) is 0.365. The number of anilines is 1. The van der Waals surface area contributed by atoms with Gasteiger partial charge in [0, 0.05) is 25.2 Å². The highest BCUT2D eigenvalue weighted by Crippen LogP contribution is 2.33. The number of carbonyl (C=O) groups excluding carboxylic acids is 3. The standard InChI is InChI=1S/C29H46N4O6/c1-29(2,3)26(31-27(35)21(18-33(37)19-34)16-20-8-6-7-9-20)28(36)32-14-12-22(13-15-32)30-24-11-10-23(38-4)17-25(24)39-5/h10-11,17,19-22,26,30,37H,6-9,12-16,18H2,1-5H3,(H,31,35)/t21-,26-/m1/s1. The van der Waals surface area contributed by atoms with E-state index < -0.39 is 17.4 Å². The first-order valence-corrected chi connectivity index (χ1v) is 14.0. The van der Waals surface area contributed by atoms with Crippen molar-refractivity contribution < 1.29 is 29.1 Å². The first-order chi connectivity index (χ1) is 18.5. The van der Waals surface area contributed by atoms with E-state index in [1.807, 2.05) is 43.9 Å². The van der Waals surface area contributed by atoms with E-state index in [4.69, 9.17) is 9.47 Å². The molecule has 39 heavy (non-hydrogen) atoms. The van der Waals surface area contributed by atoms with Crippen LogP contribution in [-0.4, -0.2) is 79.3 Å². The molecule has 3 amide bonds. The summed E-state index contributed by atoms with van der Waals surface area (Å²) in [5, 5.41) is 16.9. The van der Waals surface area contributed by atoms with E-state index in [-0.39, 0.29) is 24.4 Å². The number of nitrogens with one attached hydrogen (secondary N) is 2. The highest BCUT2D eigenvalue weighted by molar-refractivity contribution is 5.89.